The van der Waals surface area contributed by atoms with Gasteiger partial charge in [-0.1, -0.05) is 156 Å². The van der Waals surface area contributed by atoms with E-state index < -0.39 is 8.24 Å². The largest absolute Gasteiger partial charge is 0.398 e. The minimum Gasteiger partial charge on any atom is -0.398 e. The van der Waals surface area contributed by atoms with Crippen molar-refractivity contribution in [1.29, 1.82) is 0 Å². The monoisotopic (exact) mass is 750 g/mol. The molecule has 286 valence electrons. The van der Waals surface area contributed by atoms with Gasteiger partial charge in [0.05, 0.1) is 7.11 Å². The highest BCUT2D eigenvalue weighted by atomic mass is 31.1. The van der Waals surface area contributed by atoms with Gasteiger partial charge in [0.15, 0.2) is 11.2 Å². The van der Waals surface area contributed by atoms with Crippen LogP contribution in [0.5, 0.6) is 0 Å². The van der Waals surface area contributed by atoms with Crippen molar-refractivity contribution in [3.05, 3.63) is 118 Å². The summed E-state index contributed by atoms with van der Waals surface area (Å²) in [4.78, 5) is 0. The second-order valence-electron chi connectivity index (χ2n) is 17.4. The Balaban J connectivity index is 1.81. The van der Waals surface area contributed by atoms with Crippen LogP contribution < -0.4 is 4.52 Å². The summed E-state index contributed by atoms with van der Waals surface area (Å²) in [5.74, 6) is 2.05. The molecule has 55 heavy (non-hydrogen) atoms. The van der Waals surface area contributed by atoms with Gasteiger partial charge in [-0.25, -0.2) is 0 Å². The van der Waals surface area contributed by atoms with Crippen LogP contribution in [0.1, 0.15) is 152 Å². The second kappa shape index (κ2) is 15.3. The molecule has 0 saturated heterocycles. The van der Waals surface area contributed by atoms with Crippen molar-refractivity contribution >= 4 is 51.7 Å². The minimum absolute atomic E-state index is 0.303. The molecular formula is C51H59O3P. The highest BCUT2D eigenvalue weighted by molar-refractivity contribution is 7.31. The summed E-state index contributed by atoms with van der Waals surface area (Å²) in [5.41, 5.74) is 14.5. The molecule has 7 aromatic rings. The maximum atomic E-state index is 7.20. The molecule has 0 fully saturated rings. The van der Waals surface area contributed by atoms with E-state index in [0.717, 1.165) is 43.8 Å². The molecule has 0 N–H and O–H groups in total. The molecule has 0 radical (unpaired) electrons. The number of fused-ring (bicyclic) bond motifs is 7. The molecule has 0 aliphatic rings. The normalized spacial score (nSPS) is 12.4. The number of hydrogen-bond acceptors (Lipinski definition) is 3. The van der Waals surface area contributed by atoms with Crippen LogP contribution >= 0.6 is 8.24 Å². The fourth-order valence-corrected chi connectivity index (χ4v) is 9.35. The highest BCUT2D eigenvalue weighted by Crippen LogP contribution is 2.51. The van der Waals surface area contributed by atoms with E-state index in [9.17, 15) is 0 Å². The molecule has 0 unspecified atom stereocenters. The van der Waals surface area contributed by atoms with E-state index in [4.69, 9.17) is 12.9 Å². The maximum Gasteiger partial charge on any atom is 0.387 e. The molecule has 0 amide bonds. The fraction of sp³-hybridized carbons (Fsp3) is 0.373. The number of benzene rings is 6. The first-order valence-corrected chi connectivity index (χ1v) is 21.5. The topological polar surface area (TPSA) is 35.5 Å². The van der Waals surface area contributed by atoms with Gasteiger partial charge in [0.1, 0.15) is 0 Å². The van der Waals surface area contributed by atoms with Crippen LogP contribution in [-0.4, -0.2) is 7.11 Å². The molecule has 4 heteroatoms. The summed E-state index contributed by atoms with van der Waals surface area (Å²) in [6, 6.07) is 32.1. The van der Waals surface area contributed by atoms with Gasteiger partial charge in [-0.2, -0.15) is 0 Å². The summed E-state index contributed by atoms with van der Waals surface area (Å²) >= 11 is 0. The van der Waals surface area contributed by atoms with Crippen LogP contribution in [0.25, 0.3) is 65.7 Å². The van der Waals surface area contributed by atoms with Crippen molar-refractivity contribution in [2.24, 2.45) is 0 Å². The highest BCUT2D eigenvalue weighted by Gasteiger charge is 2.27. The average molecular weight is 751 g/mol. The molecule has 6 aromatic carbocycles. The van der Waals surface area contributed by atoms with Crippen molar-refractivity contribution in [3.8, 4) is 22.3 Å². The average Bonchev–Trinajstić information content (AvgIpc) is 3.34. The van der Waals surface area contributed by atoms with E-state index in [1.165, 1.54) is 55.3 Å². The zero-order valence-electron chi connectivity index (χ0n) is 35.2. The first-order chi connectivity index (χ1) is 26.2. The van der Waals surface area contributed by atoms with E-state index in [0.29, 0.717) is 35.5 Å². The predicted molar refractivity (Wildman–Crippen MR) is 239 cm³/mol. The standard InChI is InChI=1S/C51H59O3P/c1-28(2)36-24-40(30(5)6)46(41(25-36)31(7)8)44-22-34-18-14-16-20-38(34)48-49-39-21-17-15-19-35(39)23-45(51(49)54-55(52-13)53-50(44)48)47-42(32(9)10)26-37(29(3)4)27-43(47)33(11)12/h14-33H,1-13H3. The molecule has 0 atom stereocenters. The van der Waals surface area contributed by atoms with Crippen molar-refractivity contribution < 1.29 is 12.9 Å². The Hall–Kier alpha value is -4.30. The van der Waals surface area contributed by atoms with Gasteiger partial charge in [-0.05, 0) is 114 Å². The quantitative estimate of drug-likeness (QED) is 0.147. The zero-order chi connectivity index (χ0) is 39.5. The lowest BCUT2D eigenvalue weighted by Crippen LogP contribution is -2.04. The van der Waals surface area contributed by atoms with E-state index in [1.54, 1.807) is 7.11 Å². The first kappa shape index (κ1) is 39.0. The molecule has 1 heterocycles. The molecule has 7 rings (SSSR count). The second-order valence-corrected chi connectivity index (χ2v) is 18.5. The Bertz CT molecular complexity index is 2360. The van der Waals surface area contributed by atoms with Crippen molar-refractivity contribution in [1.82, 2.24) is 0 Å². The smallest absolute Gasteiger partial charge is 0.387 e. The Morgan fingerprint density at radius 1 is 0.436 bits per heavy atom. The lowest BCUT2D eigenvalue weighted by atomic mass is 9.80. The van der Waals surface area contributed by atoms with Gasteiger partial charge in [-0.15, -0.1) is 0 Å². The summed E-state index contributed by atoms with van der Waals surface area (Å²) in [5, 5.41) is 6.76. The van der Waals surface area contributed by atoms with Crippen LogP contribution in [-0.2, 0) is 0 Å². The number of hydrogen-bond donors (Lipinski definition) is 0. The summed E-state index contributed by atoms with van der Waals surface area (Å²) in [7, 11) is -0.113. The van der Waals surface area contributed by atoms with E-state index in [2.05, 4.69) is 168 Å². The molecule has 0 saturated carbocycles. The summed E-state index contributed by atoms with van der Waals surface area (Å²) < 4.78 is 20.6. The third-order valence-corrected chi connectivity index (χ3v) is 12.5. The van der Waals surface area contributed by atoms with Gasteiger partial charge >= 0.3 is 8.24 Å². The lowest BCUT2D eigenvalue weighted by molar-refractivity contribution is 0.455. The first-order valence-electron chi connectivity index (χ1n) is 20.4. The SMILES string of the molecule is COp1oc2c(-c3c(C(C)C)cc(C(C)C)cc3C(C)C)cc3ccccc3c2c2c(o1)c(-c1c(C(C)C)cc(C(C)C)cc1C(C)C)cc1ccccc12. The molecule has 3 nitrogen and oxygen atoms in total. The van der Waals surface area contributed by atoms with E-state index in [1.807, 2.05) is 0 Å². The Labute approximate surface area is 329 Å². The molecule has 0 spiro atoms. The number of rotatable bonds is 9. The van der Waals surface area contributed by atoms with Gasteiger partial charge in [0, 0.05) is 21.9 Å². The van der Waals surface area contributed by atoms with Gasteiger partial charge in [-0.3, -0.25) is 4.52 Å². The van der Waals surface area contributed by atoms with E-state index >= 15 is 0 Å². The van der Waals surface area contributed by atoms with Crippen LogP contribution in [0.4, 0.5) is 0 Å². The van der Waals surface area contributed by atoms with Gasteiger partial charge in [0.25, 0.3) is 0 Å². The summed E-state index contributed by atoms with van der Waals surface area (Å²) in [6.07, 6.45) is 0. The maximum absolute atomic E-state index is 7.20. The molecular weight excluding hydrogens is 692 g/mol. The molecule has 1 aromatic heterocycles. The minimum atomic E-state index is -1.83. The molecule has 0 aliphatic heterocycles. The molecule has 0 bridgehead atoms. The Morgan fingerprint density at radius 2 is 0.764 bits per heavy atom. The molecule has 0 aliphatic carbocycles. The summed E-state index contributed by atoms with van der Waals surface area (Å²) in [6.45, 7) is 27.7. The van der Waals surface area contributed by atoms with E-state index in [-0.39, 0.29) is 0 Å². The van der Waals surface area contributed by atoms with Crippen LogP contribution in [0.15, 0.2) is 93.3 Å². The zero-order valence-corrected chi connectivity index (χ0v) is 36.1. The lowest BCUT2D eigenvalue weighted by Gasteiger charge is -2.24. The fourth-order valence-electron chi connectivity index (χ4n) is 8.49. The Morgan fingerprint density at radius 3 is 1.05 bits per heavy atom. The third-order valence-electron chi connectivity index (χ3n) is 11.5. The van der Waals surface area contributed by atoms with Gasteiger partial charge < -0.3 is 8.39 Å². The van der Waals surface area contributed by atoms with Crippen LogP contribution in [0.2, 0.25) is 0 Å². The predicted octanol–water partition coefficient (Wildman–Crippen LogP) is 16.7. The van der Waals surface area contributed by atoms with Crippen LogP contribution in [0.3, 0.4) is 0 Å². The third kappa shape index (κ3) is 6.93. The van der Waals surface area contributed by atoms with Crippen molar-refractivity contribution in [3.63, 3.8) is 0 Å². The van der Waals surface area contributed by atoms with Crippen molar-refractivity contribution in [2.75, 3.05) is 7.11 Å². The van der Waals surface area contributed by atoms with Crippen molar-refractivity contribution in [2.45, 2.75) is 119 Å². The van der Waals surface area contributed by atoms with Gasteiger partial charge in [0.2, 0.25) is 0 Å². The Kier molecular flexibility index (Phi) is 10.9. The van der Waals surface area contributed by atoms with Crippen LogP contribution in [0, 0.1) is 0 Å².